The maximum absolute atomic E-state index is 5.50. The lowest BCUT2D eigenvalue weighted by atomic mass is 10.1. The molecule has 128 valence electrons. The molecule has 0 aromatic carbocycles. The van der Waals surface area contributed by atoms with Crippen molar-refractivity contribution in [2.45, 2.75) is 38.4 Å². The molecule has 0 spiro atoms. The van der Waals surface area contributed by atoms with Crippen LogP contribution in [0.5, 0.6) is 0 Å². The molecule has 4 rings (SSSR count). The highest BCUT2D eigenvalue weighted by atomic mass is 16.5. The van der Waals surface area contributed by atoms with Crippen molar-refractivity contribution in [2.24, 2.45) is 0 Å². The SMILES string of the molecule is c1ccc(NCc2cnc3n2CCN(C2CCOCC2)CC3)nc1. The predicted molar refractivity (Wildman–Crippen MR) is 92.9 cm³/mol. The maximum Gasteiger partial charge on any atom is 0.126 e. The van der Waals surface area contributed by atoms with Crippen molar-refractivity contribution < 1.29 is 4.74 Å². The van der Waals surface area contributed by atoms with Crippen LogP contribution in [0.3, 0.4) is 0 Å². The lowest BCUT2D eigenvalue weighted by Gasteiger charge is -2.33. The average molecular weight is 327 g/mol. The van der Waals surface area contributed by atoms with E-state index in [4.69, 9.17) is 4.74 Å². The van der Waals surface area contributed by atoms with Gasteiger partial charge in [0.25, 0.3) is 0 Å². The highest BCUT2D eigenvalue weighted by molar-refractivity contribution is 5.33. The van der Waals surface area contributed by atoms with Gasteiger partial charge in [-0.1, -0.05) is 6.07 Å². The maximum atomic E-state index is 5.50. The molecule has 0 amide bonds. The minimum atomic E-state index is 0.679. The zero-order valence-corrected chi connectivity index (χ0v) is 14.0. The highest BCUT2D eigenvalue weighted by Gasteiger charge is 2.24. The first-order chi connectivity index (χ1) is 11.9. The first-order valence-electron chi connectivity index (χ1n) is 8.90. The molecule has 2 aromatic rings. The van der Waals surface area contributed by atoms with E-state index < -0.39 is 0 Å². The Balaban J connectivity index is 1.40. The standard InChI is InChI=1S/C18H25N5O/c1-2-7-19-17(3-1)20-13-16-14-21-18-4-8-22(9-10-23(16)18)15-5-11-24-12-6-15/h1-3,7,14-15H,4-6,8-13H2,(H,19,20). The third kappa shape index (κ3) is 3.44. The number of nitrogens with zero attached hydrogens (tertiary/aromatic N) is 4. The summed E-state index contributed by atoms with van der Waals surface area (Å²) in [6.45, 7) is 5.81. The molecule has 1 fully saturated rings. The second-order valence-corrected chi connectivity index (χ2v) is 6.52. The topological polar surface area (TPSA) is 55.2 Å². The number of ether oxygens (including phenoxy) is 1. The molecule has 2 aliphatic rings. The Morgan fingerprint density at radius 1 is 1.12 bits per heavy atom. The van der Waals surface area contributed by atoms with Gasteiger partial charge >= 0.3 is 0 Å². The summed E-state index contributed by atoms with van der Waals surface area (Å²) in [5.74, 6) is 2.12. The number of nitrogens with one attached hydrogen (secondary N) is 1. The van der Waals surface area contributed by atoms with Crippen LogP contribution in [-0.4, -0.2) is 51.8 Å². The Labute approximate surface area is 142 Å². The van der Waals surface area contributed by atoms with Crippen LogP contribution in [0, 0.1) is 0 Å². The molecule has 6 heteroatoms. The fourth-order valence-electron chi connectivity index (χ4n) is 3.72. The summed E-state index contributed by atoms with van der Waals surface area (Å²) in [5, 5.41) is 3.39. The molecule has 6 nitrogen and oxygen atoms in total. The normalized spacial score (nSPS) is 19.7. The van der Waals surface area contributed by atoms with E-state index in [0.29, 0.717) is 6.04 Å². The summed E-state index contributed by atoms with van der Waals surface area (Å²) in [6, 6.07) is 6.60. The third-order valence-electron chi connectivity index (χ3n) is 5.08. The number of pyridine rings is 1. The van der Waals surface area contributed by atoms with Gasteiger partial charge in [-0.05, 0) is 25.0 Å². The van der Waals surface area contributed by atoms with Gasteiger partial charge in [-0.2, -0.15) is 0 Å². The molecule has 0 aliphatic carbocycles. The summed E-state index contributed by atoms with van der Waals surface area (Å²) in [7, 11) is 0. The van der Waals surface area contributed by atoms with Crippen LogP contribution >= 0.6 is 0 Å². The summed E-state index contributed by atoms with van der Waals surface area (Å²) < 4.78 is 7.89. The van der Waals surface area contributed by atoms with Crippen LogP contribution in [0.2, 0.25) is 0 Å². The second kappa shape index (κ2) is 7.32. The van der Waals surface area contributed by atoms with Crippen molar-refractivity contribution in [1.29, 1.82) is 0 Å². The Morgan fingerprint density at radius 3 is 2.88 bits per heavy atom. The van der Waals surface area contributed by atoms with Crippen molar-refractivity contribution in [2.75, 3.05) is 31.6 Å². The number of hydrogen-bond donors (Lipinski definition) is 1. The van der Waals surface area contributed by atoms with E-state index >= 15 is 0 Å². The monoisotopic (exact) mass is 327 g/mol. The van der Waals surface area contributed by atoms with E-state index in [1.165, 1.54) is 11.5 Å². The first kappa shape index (κ1) is 15.6. The van der Waals surface area contributed by atoms with Gasteiger partial charge in [0, 0.05) is 51.5 Å². The highest BCUT2D eigenvalue weighted by Crippen LogP contribution is 2.19. The van der Waals surface area contributed by atoms with Crippen LogP contribution in [-0.2, 0) is 24.2 Å². The number of anilines is 1. The Morgan fingerprint density at radius 2 is 2.04 bits per heavy atom. The van der Waals surface area contributed by atoms with Gasteiger partial charge in [-0.3, -0.25) is 4.90 Å². The minimum absolute atomic E-state index is 0.679. The predicted octanol–water partition coefficient (Wildman–Crippen LogP) is 1.93. The first-order valence-corrected chi connectivity index (χ1v) is 8.90. The number of fused-ring (bicyclic) bond motifs is 1. The van der Waals surface area contributed by atoms with E-state index in [0.717, 1.165) is 64.5 Å². The lowest BCUT2D eigenvalue weighted by molar-refractivity contribution is 0.0347. The molecule has 0 unspecified atom stereocenters. The molecule has 2 aromatic heterocycles. The second-order valence-electron chi connectivity index (χ2n) is 6.52. The van der Waals surface area contributed by atoms with Gasteiger partial charge in [-0.15, -0.1) is 0 Å². The molecule has 24 heavy (non-hydrogen) atoms. The molecular weight excluding hydrogens is 302 g/mol. The molecule has 0 saturated carbocycles. The van der Waals surface area contributed by atoms with E-state index in [9.17, 15) is 0 Å². The molecule has 0 atom stereocenters. The zero-order valence-electron chi connectivity index (χ0n) is 14.0. The van der Waals surface area contributed by atoms with E-state index in [1.54, 1.807) is 0 Å². The minimum Gasteiger partial charge on any atom is -0.381 e. The smallest absolute Gasteiger partial charge is 0.126 e. The van der Waals surface area contributed by atoms with Gasteiger partial charge in [0.2, 0.25) is 0 Å². The quantitative estimate of drug-likeness (QED) is 0.930. The molecule has 1 N–H and O–H groups in total. The lowest BCUT2D eigenvalue weighted by Crippen LogP contribution is -2.41. The van der Waals surface area contributed by atoms with Crippen LogP contribution in [0.1, 0.15) is 24.4 Å². The third-order valence-corrected chi connectivity index (χ3v) is 5.08. The van der Waals surface area contributed by atoms with Crippen LogP contribution in [0.25, 0.3) is 0 Å². The summed E-state index contributed by atoms with van der Waals surface area (Å²) in [6.07, 6.45) is 7.17. The van der Waals surface area contributed by atoms with E-state index in [1.807, 2.05) is 30.6 Å². The summed E-state index contributed by atoms with van der Waals surface area (Å²) in [5.41, 5.74) is 1.24. The molecule has 0 radical (unpaired) electrons. The van der Waals surface area contributed by atoms with E-state index in [-0.39, 0.29) is 0 Å². The largest absolute Gasteiger partial charge is 0.381 e. The van der Waals surface area contributed by atoms with Gasteiger partial charge in [-0.25, -0.2) is 9.97 Å². The van der Waals surface area contributed by atoms with Crippen molar-refractivity contribution >= 4 is 5.82 Å². The molecular formula is C18H25N5O. The van der Waals surface area contributed by atoms with Crippen LogP contribution in [0.4, 0.5) is 5.82 Å². The number of imidazole rings is 1. The fourth-order valence-corrected chi connectivity index (χ4v) is 3.72. The van der Waals surface area contributed by atoms with Crippen LogP contribution < -0.4 is 5.32 Å². The molecule has 2 aliphatic heterocycles. The fraction of sp³-hybridized carbons (Fsp3) is 0.556. The average Bonchev–Trinajstić information content (AvgIpc) is 2.91. The van der Waals surface area contributed by atoms with Crippen molar-refractivity contribution in [3.05, 3.63) is 42.1 Å². The summed E-state index contributed by atoms with van der Waals surface area (Å²) in [4.78, 5) is 11.6. The molecule has 4 heterocycles. The van der Waals surface area contributed by atoms with Crippen molar-refractivity contribution in [3.63, 3.8) is 0 Å². The molecule has 1 saturated heterocycles. The van der Waals surface area contributed by atoms with Gasteiger partial charge in [0.15, 0.2) is 0 Å². The molecule has 0 bridgehead atoms. The number of rotatable bonds is 4. The zero-order chi connectivity index (χ0) is 16.2. The Hall–Kier alpha value is -1.92. The Kier molecular flexibility index (Phi) is 4.76. The van der Waals surface area contributed by atoms with Gasteiger partial charge < -0.3 is 14.6 Å². The van der Waals surface area contributed by atoms with E-state index in [2.05, 4.69) is 24.8 Å². The van der Waals surface area contributed by atoms with Crippen molar-refractivity contribution in [1.82, 2.24) is 19.4 Å². The van der Waals surface area contributed by atoms with Gasteiger partial charge in [0.05, 0.1) is 18.4 Å². The van der Waals surface area contributed by atoms with Crippen molar-refractivity contribution in [3.8, 4) is 0 Å². The van der Waals surface area contributed by atoms with Crippen LogP contribution in [0.15, 0.2) is 30.6 Å². The summed E-state index contributed by atoms with van der Waals surface area (Å²) >= 11 is 0. The number of aromatic nitrogens is 3. The van der Waals surface area contributed by atoms with Gasteiger partial charge in [0.1, 0.15) is 11.6 Å². The Bertz CT molecular complexity index is 651. The number of hydrogen-bond acceptors (Lipinski definition) is 5.